The fourth-order valence-electron chi connectivity index (χ4n) is 5.37. The maximum Gasteiger partial charge on any atom is 0.250 e. The van der Waals surface area contributed by atoms with Gasteiger partial charge in [0.25, 0.3) is 0 Å². The summed E-state index contributed by atoms with van der Waals surface area (Å²) in [4.78, 5) is 20.9. The van der Waals surface area contributed by atoms with Gasteiger partial charge in [0, 0.05) is 61.5 Å². The Morgan fingerprint density at radius 2 is 1.75 bits per heavy atom. The highest BCUT2D eigenvalue weighted by Gasteiger charge is 2.42. The van der Waals surface area contributed by atoms with E-state index in [-0.39, 0.29) is 24.6 Å². The molecule has 0 aliphatic carbocycles. The van der Waals surface area contributed by atoms with E-state index in [1.807, 2.05) is 62.8 Å². The lowest BCUT2D eigenvalue weighted by Crippen LogP contribution is -2.29. The van der Waals surface area contributed by atoms with Crippen LogP contribution in [0.1, 0.15) is 34.7 Å². The van der Waals surface area contributed by atoms with Crippen molar-refractivity contribution in [2.45, 2.75) is 25.9 Å². The minimum atomic E-state index is -0.201. The van der Waals surface area contributed by atoms with Gasteiger partial charge >= 0.3 is 0 Å². The van der Waals surface area contributed by atoms with Gasteiger partial charge in [-0.05, 0) is 98.4 Å². The van der Waals surface area contributed by atoms with Gasteiger partial charge in [-0.1, -0.05) is 6.07 Å². The molecule has 8 nitrogen and oxygen atoms in total. The molecular formula is C31H34N6O2S. The molecule has 2 aromatic heterocycles. The zero-order valence-corrected chi connectivity index (χ0v) is 24.2. The number of hydrogen-bond donors (Lipinski definition) is 2. The van der Waals surface area contributed by atoms with E-state index in [1.165, 1.54) is 7.11 Å². The number of benzene rings is 2. The number of thiocarbonyl (C=S) groups is 1. The number of carbonyl (C=O) groups is 1. The first-order valence-corrected chi connectivity index (χ1v) is 13.6. The predicted octanol–water partition coefficient (Wildman–Crippen LogP) is 5.32. The van der Waals surface area contributed by atoms with Crippen LogP contribution in [0.3, 0.4) is 0 Å². The normalized spacial score (nSPS) is 16.6. The molecule has 1 saturated heterocycles. The molecule has 1 aliphatic rings. The van der Waals surface area contributed by atoms with E-state index in [4.69, 9.17) is 17.0 Å². The van der Waals surface area contributed by atoms with Crippen molar-refractivity contribution in [1.29, 1.82) is 0 Å². The zero-order valence-electron chi connectivity index (χ0n) is 23.4. The molecule has 9 heteroatoms. The van der Waals surface area contributed by atoms with Gasteiger partial charge in [0.05, 0.1) is 17.8 Å². The van der Waals surface area contributed by atoms with Crippen LogP contribution in [0.4, 0.5) is 17.1 Å². The van der Waals surface area contributed by atoms with Gasteiger partial charge in [-0.3, -0.25) is 9.78 Å². The lowest BCUT2D eigenvalue weighted by Gasteiger charge is -2.28. The lowest BCUT2D eigenvalue weighted by molar-refractivity contribution is -0.119. The zero-order chi connectivity index (χ0) is 28.4. The summed E-state index contributed by atoms with van der Waals surface area (Å²) in [6.07, 6.45) is 1.81. The number of pyridine rings is 1. The number of rotatable bonds is 8. The van der Waals surface area contributed by atoms with E-state index in [9.17, 15) is 4.79 Å². The molecule has 1 aliphatic heterocycles. The third kappa shape index (κ3) is 5.30. The predicted molar refractivity (Wildman–Crippen MR) is 164 cm³/mol. The Bertz CT molecular complexity index is 1500. The van der Waals surface area contributed by atoms with Crippen molar-refractivity contribution >= 4 is 40.3 Å². The van der Waals surface area contributed by atoms with Crippen molar-refractivity contribution in [1.82, 2.24) is 14.9 Å². The highest BCUT2D eigenvalue weighted by Crippen LogP contribution is 2.44. The van der Waals surface area contributed by atoms with Crippen molar-refractivity contribution in [3.8, 4) is 5.69 Å². The van der Waals surface area contributed by atoms with Crippen LogP contribution in [0, 0.1) is 13.8 Å². The summed E-state index contributed by atoms with van der Waals surface area (Å²) in [5, 5.41) is 7.01. The first-order chi connectivity index (χ1) is 19.3. The Labute approximate surface area is 240 Å². The summed E-state index contributed by atoms with van der Waals surface area (Å²) in [6.45, 7) is 4.30. The Kier molecular flexibility index (Phi) is 7.86. The molecule has 0 radical (unpaired) electrons. The van der Waals surface area contributed by atoms with Crippen molar-refractivity contribution in [2.24, 2.45) is 0 Å². The van der Waals surface area contributed by atoms with E-state index in [0.29, 0.717) is 10.8 Å². The van der Waals surface area contributed by atoms with E-state index in [1.54, 1.807) is 0 Å². The van der Waals surface area contributed by atoms with Crippen LogP contribution < -0.4 is 20.4 Å². The molecule has 206 valence electrons. The topological polar surface area (TPSA) is 74.7 Å². The number of aromatic nitrogens is 2. The second kappa shape index (κ2) is 11.5. The van der Waals surface area contributed by atoms with Gasteiger partial charge in [-0.2, -0.15) is 0 Å². The van der Waals surface area contributed by atoms with E-state index < -0.39 is 0 Å². The molecule has 2 N–H and O–H groups in total. The summed E-state index contributed by atoms with van der Waals surface area (Å²) < 4.78 is 7.22. The fourth-order valence-corrected chi connectivity index (χ4v) is 5.71. The van der Waals surface area contributed by atoms with Gasteiger partial charge in [-0.25, -0.2) is 0 Å². The number of nitrogens with zero attached hydrogens (tertiary/aromatic N) is 4. The average Bonchev–Trinajstić information content (AvgIpc) is 3.44. The standard InChI is InChI=1S/C31H34N6O2S/c1-20-18-26(21(2)36(20)24-15-13-23(14-16-24)35(3)4)30-29(27-8-6-7-17-32-27)34-31(40)37(30)25-11-9-22(10-12-25)33-28(38)19-39-5/h6-18,29-30H,19H2,1-5H3,(H,33,38)(H,34,40)/t29-,30-/m0/s1. The smallest absolute Gasteiger partial charge is 0.250 e. The van der Waals surface area contributed by atoms with Crippen LogP contribution in [0.25, 0.3) is 5.69 Å². The second-order valence-corrected chi connectivity index (χ2v) is 10.5. The summed E-state index contributed by atoms with van der Waals surface area (Å²) in [5.41, 5.74) is 8.24. The number of amides is 1. The largest absolute Gasteiger partial charge is 0.378 e. The SMILES string of the molecule is COCC(=O)Nc1ccc(N2C(=S)N[C@@H](c3ccccn3)[C@@H]2c2cc(C)n(-c3ccc(N(C)C)cc3)c2C)cc1. The number of nitrogens with one attached hydrogen (secondary N) is 2. The number of carbonyl (C=O) groups excluding carboxylic acids is 1. The van der Waals surface area contributed by atoms with Crippen molar-refractivity contribution < 1.29 is 9.53 Å². The third-order valence-electron chi connectivity index (χ3n) is 7.22. The molecular weight excluding hydrogens is 520 g/mol. The Morgan fingerprint density at radius 3 is 2.38 bits per heavy atom. The quantitative estimate of drug-likeness (QED) is 0.286. The molecule has 1 fully saturated rings. The number of anilines is 3. The molecule has 5 rings (SSSR count). The monoisotopic (exact) mass is 554 g/mol. The summed E-state index contributed by atoms with van der Waals surface area (Å²) >= 11 is 5.92. The molecule has 3 heterocycles. The van der Waals surface area contributed by atoms with Crippen molar-refractivity contribution in [3.05, 3.63) is 102 Å². The average molecular weight is 555 g/mol. The molecule has 0 spiro atoms. The highest BCUT2D eigenvalue weighted by molar-refractivity contribution is 7.80. The number of methoxy groups -OCH3 is 1. The highest BCUT2D eigenvalue weighted by atomic mass is 32.1. The molecule has 1 amide bonds. The molecule has 0 unspecified atom stereocenters. The third-order valence-corrected chi connectivity index (χ3v) is 7.53. The van der Waals surface area contributed by atoms with Gasteiger partial charge in [0.15, 0.2) is 5.11 Å². The number of hydrogen-bond acceptors (Lipinski definition) is 5. The maximum atomic E-state index is 12.0. The van der Waals surface area contributed by atoms with Crippen LogP contribution in [0.2, 0.25) is 0 Å². The number of aryl methyl sites for hydroxylation is 1. The minimum Gasteiger partial charge on any atom is -0.378 e. The lowest BCUT2D eigenvalue weighted by atomic mass is 9.96. The van der Waals surface area contributed by atoms with Gasteiger partial charge in [0.2, 0.25) is 5.91 Å². The van der Waals surface area contributed by atoms with Gasteiger partial charge < -0.3 is 29.7 Å². The van der Waals surface area contributed by atoms with Crippen LogP contribution >= 0.6 is 12.2 Å². The Morgan fingerprint density at radius 1 is 1.05 bits per heavy atom. The first-order valence-electron chi connectivity index (χ1n) is 13.1. The fraction of sp³-hybridized carbons (Fsp3) is 0.258. The van der Waals surface area contributed by atoms with E-state index in [2.05, 4.69) is 74.2 Å². The van der Waals surface area contributed by atoms with E-state index >= 15 is 0 Å². The number of ether oxygens (including phenoxy) is 1. The van der Waals surface area contributed by atoms with Crippen LogP contribution in [0.5, 0.6) is 0 Å². The Hall–Kier alpha value is -4.21. The summed E-state index contributed by atoms with van der Waals surface area (Å²) in [7, 11) is 5.58. The maximum absolute atomic E-state index is 12.0. The van der Waals surface area contributed by atoms with Crippen LogP contribution in [0.15, 0.2) is 79.0 Å². The molecule has 40 heavy (non-hydrogen) atoms. The summed E-state index contributed by atoms with van der Waals surface area (Å²) in [6, 6.07) is 24.2. The van der Waals surface area contributed by atoms with Gasteiger partial charge in [-0.15, -0.1) is 0 Å². The van der Waals surface area contributed by atoms with Crippen LogP contribution in [-0.4, -0.2) is 48.4 Å². The molecule has 0 bridgehead atoms. The van der Waals surface area contributed by atoms with Crippen LogP contribution in [-0.2, 0) is 9.53 Å². The summed E-state index contributed by atoms with van der Waals surface area (Å²) in [5.74, 6) is -0.201. The molecule has 2 atom stereocenters. The van der Waals surface area contributed by atoms with Crippen molar-refractivity contribution in [2.75, 3.05) is 42.9 Å². The minimum absolute atomic E-state index is 0.00318. The second-order valence-electron chi connectivity index (χ2n) is 10.1. The first kappa shape index (κ1) is 27.4. The molecule has 2 aromatic carbocycles. The van der Waals surface area contributed by atoms with Crippen molar-refractivity contribution in [3.63, 3.8) is 0 Å². The Balaban J connectivity index is 1.56. The molecule has 0 saturated carbocycles. The molecule has 4 aromatic rings. The van der Waals surface area contributed by atoms with Gasteiger partial charge in [0.1, 0.15) is 6.61 Å². The van der Waals surface area contributed by atoms with E-state index in [0.717, 1.165) is 39.7 Å².